The standard InChI is InChI=1S/C15H21NO2/c1-11(16-13-4-2-3-5-13)8-12-6-7-14-15(9-12)18-10-17-14/h6-7,9,11,13,16H,2-5,8,10H2,1H3. The first kappa shape index (κ1) is 11.8. The molecule has 3 heteroatoms. The van der Waals surface area contributed by atoms with E-state index in [2.05, 4.69) is 24.4 Å². The molecule has 0 amide bonds. The third kappa shape index (κ3) is 2.61. The summed E-state index contributed by atoms with van der Waals surface area (Å²) in [6, 6.07) is 7.51. The van der Waals surface area contributed by atoms with Crippen LogP contribution in [0.4, 0.5) is 0 Å². The normalized spacial score (nSPS) is 20.3. The lowest BCUT2D eigenvalue weighted by Crippen LogP contribution is -2.35. The fourth-order valence-electron chi connectivity index (χ4n) is 2.98. The SMILES string of the molecule is CC(Cc1ccc2c(c1)OCO2)NC1CCCC1. The number of hydrogen-bond donors (Lipinski definition) is 1. The molecule has 1 aromatic rings. The molecule has 18 heavy (non-hydrogen) atoms. The molecular formula is C15H21NO2. The lowest BCUT2D eigenvalue weighted by atomic mass is 10.1. The molecule has 1 saturated carbocycles. The Labute approximate surface area is 108 Å². The van der Waals surface area contributed by atoms with Gasteiger partial charge in [0.05, 0.1) is 0 Å². The third-order valence-corrected chi connectivity index (χ3v) is 3.85. The topological polar surface area (TPSA) is 30.5 Å². The van der Waals surface area contributed by atoms with E-state index in [4.69, 9.17) is 9.47 Å². The van der Waals surface area contributed by atoms with Crippen LogP contribution >= 0.6 is 0 Å². The zero-order chi connectivity index (χ0) is 12.4. The van der Waals surface area contributed by atoms with Gasteiger partial charge >= 0.3 is 0 Å². The Hall–Kier alpha value is -1.22. The van der Waals surface area contributed by atoms with E-state index in [1.165, 1.54) is 31.2 Å². The van der Waals surface area contributed by atoms with Gasteiger partial charge in [0, 0.05) is 12.1 Å². The summed E-state index contributed by atoms with van der Waals surface area (Å²) < 4.78 is 10.7. The Bertz CT molecular complexity index is 413. The van der Waals surface area contributed by atoms with Gasteiger partial charge in [-0.25, -0.2) is 0 Å². The van der Waals surface area contributed by atoms with Gasteiger partial charge in [-0.3, -0.25) is 0 Å². The minimum Gasteiger partial charge on any atom is -0.454 e. The number of nitrogens with one attached hydrogen (secondary N) is 1. The molecule has 0 bridgehead atoms. The first-order valence-corrected chi connectivity index (χ1v) is 6.96. The average molecular weight is 247 g/mol. The van der Waals surface area contributed by atoms with Crippen LogP contribution < -0.4 is 14.8 Å². The van der Waals surface area contributed by atoms with E-state index in [1.807, 2.05) is 6.07 Å². The van der Waals surface area contributed by atoms with Crippen molar-refractivity contribution in [1.29, 1.82) is 0 Å². The molecule has 0 saturated heterocycles. The minimum absolute atomic E-state index is 0.356. The third-order valence-electron chi connectivity index (χ3n) is 3.85. The molecule has 1 fully saturated rings. The van der Waals surface area contributed by atoms with E-state index in [0.29, 0.717) is 12.8 Å². The molecule has 1 heterocycles. The fourth-order valence-corrected chi connectivity index (χ4v) is 2.98. The average Bonchev–Trinajstić information content (AvgIpc) is 2.98. The second-order valence-corrected chi connectivity index (χ2v) is 5.44. The van der Waals surface area contributed by atoms with E-state index >= 15 is 0 Å². The molecule has 1 atom stereocenters. The van der Waals surface area contributed by atoms with Gasteiger partial charge in [-0.2, -0.15) is 0 Å². The van der Waals surface area contributed by atoms with Crippen LogP contribution in [0.25, 0.3) is 0 Å². The summed E-state index contributed by atoms with van der Waals surface area (Å²) in [6.07, 6.45) is 6.49. The Morgan fingerprint density at radius 1 is 1.22 bits per heavy atom. The fraction of sp³-hybridized carbons (Fsp3) is 0.600. The van der Waals surface area contributed by atoms with Gasteiger partial charge in [-0.05, 0) is 43.9 Å². The minimum atomic E-state index is 0.356. The Morgan fingerprint density at radius 3 is 2.83 bits per heavy atom. The molecule has 1 aromatic carbocycles. The van der Waals surface area contributed by atoms with Crippen molar-refractivity contribution >= 4 is 0 Å². The second kappa shape index (κ2) is 5.19. The highest BCUT2D eigenvalue weighted by Crippen LogP contribution is 2.32. The molecule has 0 aromatic heterocycles. The highest BCUT2D eigenvalue weighted by Gasteiger charge is 2.18. The molecule has 3 nitrogen and oxygen atoms in total. The highest BCUT2D eigenvalue weighted by molar-refractivity contribution is 5.44. The number of benzene rings is 1. The molecule has 0 radical (unpaired) electrons. The summed E-state index contributed by atoms with van der Waals surface area (Å²) in [5.74, 6) is 1.76. The van der Waals surface area contributed by atoms with Crippen molar-refractivity contribution in [2.24, 2.45) is 0 Å². The molecule has 3 rings (SSSR count). The van der Waals surface area contributed by atoms with Gasteiger partial charge < -0.3 is 14.8 Å². The Balaban J connectivity index is 1.58. The van der Waals surface area contributed by atoms with E-state index in [9.17, 15) is 0 Å². The van der Waals surface area contributed by atoms with Crippen LogP contribution in [0.1, 0.15) is 38.2 Å². The maximum Gasteiger partial charge on any atom is 0.231 e. The van der Waals surface area contributed by atoms with Gasteiger partial charge in [0.15, 0.2) is 11.5 Å². The lowest BCUT2D eigenvalue weighted by molar-refractivity contribution is 0.174. The van der Waals surface area contributed by atoms with Crippen molar-refractivity contribution in [3.8, 4) is 11.5 Å². The van der Waals surface area contributed by atoms with Crippen molar-refractivity contribution < 1.29 is 9.47 Å². The zero-order valence-electron chi connectivity index (χ0n) is 10.9. The summed E-state index contributed by atoms with van der Waals surface area (Å²) in [5, 5.41) is 3.72. The molecule has 2 aliphatic rings. The zero-order valence-corrected chi connectivity index (χ0v) is 10.9. The van der Waals surface area contributed by atoms with Crippen molar-refractivity contribution in [1.82, 2.24) is 5.32 Å². The van der Waals surface area contributed by atoms with Crippen molar-refractivity contribution in [2.75, 3.05) is 6.79 Å². The predicted octanol–water partition coefficient (Wildman–Crippen LogP) is 2.88. The van der Waals surface area contributed by atoms with Gasteiger partial charge in [0.2, 0.25) is 6.79 Å². The van der Waals surface area contributed by atoms with Gasteiger partial charge in [0.1, 0.15) is 0 Å². The van der Waals surface area contributed by atoms with Crippen LogP contribution in [0, 0.1) is 0 Å². The number of hydrogen-bond acceptors (Lipinski definition) is 3. The molecule has 1 unspecified atom stereocenters. The van der Waals surface area contributed by atoms with E-state index < -0.39 is 0 Å². The summed E-state index contributed by atoms with van der Waals surface area (Å²) in [5.41, 5.74) is 1.32. The second-order valence-electron chi connectivity index (χ2n) is 5.44. The summed E-state index contributed by atoms with van der Waals surface area (Å²) in [6.45, 7) is 2.62. The lowest BCUT2D eigenvalue weighted by Gasteiger charge is -2.19. The molecule has 98 valence electrons. The Morgan fingerprint density at radius 2 is 2.00 bits per heavy atom. The maximum atomic E-state index is 5.41. The first-order chi connectivity index (χ1) is 8.81. The summed E-state index contributed by atoms with van der Waals surface area (Å²) in [7, 11) is 0. The maximum absolute atomic E-state index is 5.41. The Kier molecular flexibility index (Phi) is 3.41. The number of fused-ring (bicyclic) bond motifs is 1. The molecular weight excluding hydrogens is 226 g/mol. The van der Waals surface area contributed by atoms with Crippen LogP contribution in [-0.2, 0) is 6.42 Å². The van der Waals surface area contributed by atoms with E-state index in [1.54, 1.807) is 0 Å². The molecule has 0 spiro atoms. The van der Waals surface area contributed by atoms with Crippen molar-refractivity contribution in [3.05, 3.63) is 23.8 Å². The molecule has 1 aliphatic heterocycles. The molecule has 1 aliphatic carbocycles. The monoisotopic (exact) mass is 247 g/mol. The van der Waals surface area contributed by atoms with Gasteiger partial charge in [-0.1, -0.05) is 18.9 Å². The smallest absolute Gasteiger partial charge is 0.231 e. The quantitative estimate of drug-likeness (QED) is 0.887. The van der Waals surface area contributed by atoms with Crippen LogP contribution in [-0.4, -0.2) is 18.9 Å². The van der Waals surface area contributed by atoms with Gasteiger partial charge in [0.25, 0.3) is 0 Å². The van der Waals surface area contributed by atoms with Crippen LogP contribution in [0.2, 0.25) is 0 Å². The van der Waals surface area contributed by atoms with E-state index in [-0.39, 0.29) is 0 Å². The molecule has 1 N–H and O–H groups in total. The highest BCUT2D eigenvalue weighted by atomic mass is 16.7. The summed E-state index contributed by atoms with van der Waals surface area (Å²) in [4.78, 5) is 0. The number of ether oxygens (including phenoxy) is 2. The van der Waals surface area contributed by atoms with Crippen LogP contribution in [0.5, 0.6) is 11.5 Å². The van der Waals surface area contributed by atoms with Gasteiger partial charge in [-0.15, -0.1) is 0 Å². The summed E-state index contributed by atoms with van der Waals surface area (Å²) >= 11 is 0. The number of rotatable bonds is 4. The van der Waals surface area contributed by atoms with Crippen LogP contribution in [0.3, 0.4) is 0 Å². The first-order valence-electron chi connectivity index (χ1n) is 6.96. The van der Waals surface area contributed by atoms with Crippen LogP contribution in [0.15, 0.2) is 18.2 Å². The largest absolute Gasteiger partial charge is 0.454 e. The van der Waals surface area contributed by atoms with Crippen molar-refractivity contribution in [2.45, 2.75) is 51.1 Å². The van der Waals surface area contributed by atoms with E-state index in [0.717, 1.165) is 24.0 Å². The predicted molar refractivity (Wildman–Crippen MR) is 71.1 cm³/mol. The van der Waals surface area contributed by atoms with Crippen molar-refractivity contribution in [3.63, 3.8) is 0 Å².